The summed E-state index contributed by atoms with van der Waals surface area (Å²) in [6.45, 7) is 1.83. The molecule has 1 aliphatic rings. The predicted molar refractivity (Wildman–Crippen MR) is 82.1 cm³/mol. The summed E-state index contributed by atoms with van der Waals surface area (Å²) in [5, 5.41) is 0. The molecule has 1 amide bonds. The summed E-state index contributed by atoms with van der Waals surface area (Å²) in [7, 11) is 1.40. The lowest BCUT2D eigenvalue weighted by molar-refractivity contribution is -0.150. The maximum Gasteiger partial charge on any atom is 0.332 e. The molecule has 21 heavy (non-hydrogen) atoms. The van der Waals surface area contributed by atoms with Crippen LogP contribution in [-0.2, 0) is 14.3 Å². The number of rotatable bonds is 4. The molecule has 0 aliphatic heterocycles. The lowest BCUT2D eigenvalue weighted by Crippen LogP contribution is -2.59. The fourth-order valence-electron chi connectivity index (χ4n) is 3.21. The number of nitrogens with zero attached hydrogens (tertiary/aromatic N) is 1. The molecule has 0 atom stereocenters. The number of ether oxygens (including phenoxy) is 1. The highest BCUT2D eigenvalue weighted by Crippen LogP contribution is 2.38. The fourth-order valence-corrected chi connectivity index (χ4v) is 3.21. The minimum atomic E-state index is -0.846. The molecule has 2 rings (SSSR count). The van der Waals surface area contributed by atoms with Crippen LogP contribution in [-0.4, -0.2) is 24.5 Å². The van der Waals surface area contributed by atoms with Crippen molar-refractivity contribution in [2.75, 3.05) is 12.0 Å². The van der Waals surface area contributed by atoms with E-state index in [1.807, 2.05) is 37.3 Å². The molecule has 114 valence electrons. The first-order valence-corrected chi connectivity index (χ1v) is 7.62. The minimum Gasteiger partial charge on any atom is -0.467 e. The smallest absolute Gasteiger partial charge is 0.332 e. The number of amides is 1. The first kappa shape index (κ1) is 15.5. The normalized spacial score (nSPS) is 17.0. The first-order valence-electron chi connectivity index (χ1n) is 7.62. The van der Waals surface area contributed by atoms with Crippen molar-refractivity contribution in [2.45, 2.75) is 51.0 Å². The van der Waals surface area contributed by atoms with Crippen molar-refractivity contribution in [3.8, 4) is 0 Å². The monoisotopic (exact) mass is 289 g/mol. The van der Waals surface area contributed by atoms with Gasteiger partial charge in [0.15, 0.2) is 0 Å². The molecule has 0 aromatic heterocycles. The van der Waals surface area contributed by atoms with Crippen LogP contribution in [0.2, 0.25) is 0 Å². The van der Waals surface area contributed by atoms with Crippen molar-refractivity contribution in [3.05, 3.63) is 30.3 Å². The van der Waals surface area contributed by atoms with Gasteiger partial charge in [-0.2, -0.15) is 0 Å². The van der Waals surface area contributed by atoms with Gasteiger partial charge in [-0.1, -0.05) is 44.4 Å². The molecular formula is C17H23NO3. The quantitative estimate of drug-likeness (QED) is 0.799. The Morgan fingerprint density at radius 2 is 1.76 bits per heavy atom. The maximum atomic E-state index is 12.6. The summed E-state index contributed by atoms with van der Waals surface area (Å²) < 4.78 is 5.06. The second-order valence-corrected chi connectivity index (χ2v) is 5.50. The van der Waals surface area contributed by atoms with Crippen LogP contribution in [0.5, 0.6) is 0 Å². The van der Waals surface area contributed by atoms with Crippen LogP contribution in [0.25, 0.3) is 0 Å². The van der Waals surface area contributed by atoms with E-state index in [1.54, 1.807) is 4.90 Å². The second kappa shape index (κ2) is 6.74. The van der Waals surface area contributed by atoms with E-state index < -0.39 is 5.54 Å². The van der Waals surface area contributed by atoms with Crippen LogP contribution < -0.4 is 4.90 Å². The fraction of sp³-hybridized carbons (Fsp3) is 0.529. The predicted octanol–water partition coefficient (Wildman–Crippen LogP) is 3.31. The molecule has 0 radical (unpaired) electrons. The van der Waals surface area contributed by atoms with Gasteiger partial charge in [0.1, 0.15) is 5.54 Å². The van der Waals surface area contributed by atoms with E-state index in [4.69, 9.17) is 4.74 Å². The molecule has 0 heterocycles. The Labute approximate surface area is 126 Å². The summed E-state index contributed by atoms with van der Waals surface area (Å²) in [5.74, 6) is -0.332. The first-order chi connectivity index (χ1) is 10.2. The van der Waals surface area contributed by atoms with Gasteiger partial charge in [0.2, 0.25) is 5.91 Å². The largest absolute Gasteiger partial charge is 0.467 e. The molecule has 1 fully saturated rings. The van der Waals surface area contributed by atoms with Crippen LogP contribution in [0.1, 0.15) is 45.4 Å². The van der Waals surface area contributed by atoms with Crippen LogP contribution in [0, 0.1) is 0 Å². The number of carbonyl (C=O) groups is 2. The van der Waals surface area contributed by atoms with Gasteiger partial charge >= 0.3 is 5.97 Å². The molecular weight excluding hydrogens is 266 g/mol. The lowest BCUT2D eigenvalue weighted by atomic mass is 9.79. The average Bonchev–Trinajstić information content (AvgIpc) is 2.55. The third-order valence-electron chi connectivity index (χ3n) is 4.24. The van der Waals surface area contributed by atoms with Crippen molar-refractivity contribution in [1.82, 2.24) is 0 Å². The highest BCUT2D eigenvalue weighted by molar-refractivity contribution is 6.02. The highest BCUT2D eigenvalue weighted by Gasteiger charge is 2.48. The van der Waals surface area contributed by atoms with Gasteiger partial charge in [0, 0.05) is 12.1 Å². The number of benzene rings is 1. The van der Waals surface area contributed by atoms with Crippen LogP contribution >= 0.6 is 0 Å². The molecule has 0 N–H and O–H groups in total. The number of hydrogen-bond donors (Lipinski definition) is 0. The zero-order valence-corrected chi connectivity index (χ0v) is 12.8. The Morgan fingerprint density at radius 1 is 1.14 bits per heavy atom. The van der Waals surface area contributed by atoms with Crippen molar-refractivity contribution in [3.63, 3.8) is 0 Å². The van der Waals surface area contributed by atoms with Gasteiger partial charge < -0.3 is 4.74 Å². The van der Waals surface area contributed by atoms with Gasteiger partial charge in [-0.15, -0.1) is 0 Å². The van der Waals surface area contributed by atoms with E-state index in [2.05, 4.69) is 0 Å². The summed E-state index contributed by atoms with van der Waals surface area (Å²) in [6, 6.07) is 9.45. The molecule has 0 bridgehead atoms. The van der Waals surface area contributed by atoms with E-state index in [9.17, 15) is 9.59 Å². The third kappa shape index (κ3) is 2.94. The van der Waals surface area contributed by atoms with Gasteiger partial charge in [0.25, 0.3) is 0 Å². The minimum absolute atomic E-state index is 0.0338. The molecule has 1 aliphatic carbocycles. The molecule has 0 spiro atoms. The van der Waals surface area contributed by atoms with Gasteiger partial charge in [-0.05, 0) is 25.0 Å². The summed E-state index contributed by atoms with van der Waals surface area (Å²) >= 11 is 0. The number of carbonyl (C=O) groups excluding carboxylic acids is 2. The Bertz CT molecular complexity index is 492. The number of hydrogen-bond acceptors (Lipinski definition) is 3. The molecule has 0 saturated heterocycles. The van der Waals surface area contributed by atoms with E-state index in [-0.39, 0.29) is 11.9 Å². The zero-order chi connectivity index (χ0) is 15.3. The molecule has 4 heteroatoms. The van der Waals surface area contributed by atoms with E-state index in [1.165, 1.54) is 7.11 Å². The molecule has 4 nitrogen and oxygen atoms in total. The van der Waals surface area contributed by atoms with Crippen LogP contribution in [0.15, 0.2) is 30.3 Å². The Hall–Kier alpha value is -1.84. The van der Waals surface area contributed by atoms with Crippen molar-refractivity contribution in [1.29, 1.82) is 0 Å². The number of anilines is 1. The molecule has 1 aromatic rings. The average molecular weight is 289 g/mol. The summed E-state index contributed by atoms with van der Waals surface area (Å²) in [6.07, 6.45) is 4.68. The van der Waals surface area contributed by atoms with Crippen LogP contribution in [0.4, 0.5) is 5.69 Å². The van der Waals surface area contributed by atoms with Gasteiger partial charge in [-0.3, -0.25) is 9.69 Å². The second-order valence-electron chi connectivity index (χ2n) is 5.50. The number of methoxy groups -OCH3 is 1. The van der Waals surface area contributed by atoms with Gasteiger partial charge in [0.05, 0.1) is 7.11 Å². The standard InChI is InChI=1S/C17H23NO3/c1-3-15(19)18(14-10-6-4-7-11-14)17(16(20)21-2)12-8-5-9-13-17/h4,6-7,10-11H,3,5,8-9,12-13H2,1-2H3. The van der Waals surface area contributed by atoms with Crippen molar-refractivity contribution < 1.29 is 14.3 Å². The third-order valence-corrected chi connectivity index (χ3v) is 4.24. The SMILES string of the molecule is CCC(=O)N(c1ccccc1)C1(C(=O)OC)CCCCC1. The zero-order valence-electron chi connectivity index (χ0n) is 12.8. The maximum absolute atomic E-state index is 12.6. The summed E-state index contributed by atoms with van der Waals surface area (Å²) in [4.78, 5) is 26.7. The molecule has 1 aromatic carbocycles. The Morgan fingerprint density at radius 3 is 2.29 bits per heavy atom. The number of para-hydroxylation sites is 1. The van der Waals surface area contributed by atoms with Crippen LogP contribution in [0.3, 0.4) is 0 Å². The topological polar surface area (TPSA) is 46.6 Å². The summed E-state index contributed by atoms with van der Waals surface area (Å²) in [5.41, 5.74) is -0.0711. The van der Waals surface area contributed by atoms with E-state index >= 15 is 0 Å². The molecule has 1 saturated carbocycles. The van der Waals surface area contributed by atoms with Crippen molar-refractivity contribution >= 4 is 17.6 Å². The lowest BCUT2D eigenvalue weighted by Gasteiger charge is -2.44. The molecule has 0 unspecified atom stereocenters. The van der Waals surface area contributed by atoms with Gasteiger partial charge in [-0.25, -0.2) is 4.79 Å². The Balaban J connectivity index is 2.50. The van der Waals surface area contributed by atoms with E-state index in [0.717, 1.165) is 24.9 Å². The van der Waals surface area contributed by atoms with Crippen molar-refractivity contribution in [2.24, 2.45) is 0 Å². The van der Waals surface area contributed by atoms with E-state index in [0.29, 0.717) is 19.3 Å². The highest BCUT2D eigenvalue weighted by atomic mass is 16.5. The Kier molecular flexibility index (Phi) is 4.99. The number of esters is 1.